The van der Waals surface area contributed by atoms with Gasteiger partial charge in [0.25, 0.3) is 0 Å². The summed E-state index contributed by atoms with van der Waals surface area (Å²) in [5.74, 6) is 0.315. The first-order valence-electron chi connectivity index (χ1n) is 9.70. The van der Waals surface area contributed by atoms with Crippen molar-refractivity contribution in [3.8, 4) is 0 Å². The highest BCUT2D eigenvalue weighted by molar-refractivity contribution is 5.73. The van der Waals surface area contributed by atoms with E-state index in [2.05, 4.69) is 51.6 Å². The zero-order valence-electron chi connectivity index (χ0n) is 15.3. The van der Waals surface area contributed by atoms with Gasteiger partial charge in [-0.2, -0.15) is 0 Å². The Morgan fingerprint density at radius 3 is 2.56 bits per heavy atom. The van der Waals surface area contributed by atoms with E-state index >= 15 is 0 Å². The molecule has 6 heteroatoms. The van der Waals surface area contributed by atoms with Gasteiger partial charge in [0.05, 0.1) is 18.7 Å². The van der Waals surface area contributed by atoms with Gasteiger partial charge in [-0.25, -0.2) is 4.68 Å². The number of benzene rings is 2. The van der Waals surface area contributed by atoms with Crippen LogP contribution in [0.1, 0.15) is 24.3 Å². The molecule has 2 aliphatic heterocycles. The average molecular weight is 364 g/mol. The number of hydrogen-bond acceptors (Lipinski definition) is 5. The van der Waals surface area contributed by atoms with Crippen LogP contribution < -0.4 is 0 Å². The van der Waals surface area contributed by atoms with E-state index in [1.807, 2.05) is 22.9 Å². The Kier molecular flexibility index (Phi) is 4.61. The number of ether oxygens (including phenoxy) is 2. The van der Waals surface area contributed by atoms with Gasteiger partial charge in [-0.3, -0.25) is 4.90 Å². The molecular formula is C21H24N4O2. The second kappa shape index (κ2) is 7.38. The Balaban J connectivity index is 1.54. The van der Waals surface area contributed by atoms with E-state index in [4.69, 9.17) is 9.47 Å². The van der Waals surface area contributed by atoms with Crippen molar-refractivity contribution in [1.82, 2.24) is 19.9 Å². The summed E-state index contributed by atoms with van der Waals surface area (Å²) in [4.78, 5) is 2.55. The first-order chi connectivity index (χ1) is 13.4. The molecule has 0 spiro atoms. The van der Waals surface area contributed by atoms with Crippen molar-refractivity contribution >= 4 is 11.0 Å². The van der Waals surface area contributed by atoms with Gasteiger partial charge in [0.15, 0.2) is 6.23 Å². The van der Waals surface area contributed by atoms with Crippen LogP contribution >= 0.6 is 0 Å². The maximum atomic E-state index is 6.21. The molecule has 6 nitrogen and oxygen atoms in total. The lowest BCUT2D eigenvalue weighted by Gasteiger charge is -2.39. The second-order valence-electron chi connectivity index (χ2n) is 7.24. The summed E-state index contributed by atoms with van der Waals surface area (Å²) < 4.78 is 13.8. The first kappa shape index (κ1) is 16.9. The minimum Gasteiger partial charge on any atom is -0.379 e. The van der Waals surface area contributed by atoms with Crippen LogP contribution in [0.5, 0.6) is 0 Å². The highest BCUT2D eigenvalue weighted by atomic mass is 16.5. The second-order valence-corrected chi connectivity index (χ2v) is 7.24. The van der Waals surface area contributed by atoms with Gasteiger partial charge < -0.3 is 9.47 Å². The number of para-hydroxylation sites is 1. The molecular weight excluding hydrogens is 340 g/mol. The predicted molar refractivity (Wildman–Crippen MR) is 102 cm³/mol. The molecule has 2 aromatic carbocycles. The standard InChI is InChI=1S/C21H24N4O2/c1-2-6-16(7-3-1)20(24-11-14-26-15-12-24)17-10-13-27-21(17)25-19-9-5-4-8-18(19)22-23-25/h1-9,17,20-21H,10-15H2/t17-,20-,21-/m1/s1. The van der Waals surface area contributed by atoms with Gasteiger partial charge in [0, 0.05) is 31.7 Å². The minimum atomic E-state index is -0.106. The summed E-state index contributed by atoms with van der Waals surface area (Å²) in [7, 11) is 0. The zero-order chi connectivity index (χ0) is 18.1. The topological polar surface area (TPSA) is 52.4 Å². The van der Waals surface area contributed by atoms with Crippen molar-refractivity contribution in [3.63, 3.8) is 0 Å². The fourth-order valence-corrected chi connectivity index (χ4v) is 4.47. The minimum absolute atomic E-state index is 0.106. The van der Waals surface area contributed by atoms with E-state index in [-0.39, 0.29) is 12.3 Å². The maximum Gasteiger partial charge on any atom is 0.157 e. The van der Waals surface area contributed by atoms with E-state index in [9.17, 15) is 0 Å². The van der Waals surface area contributed by atoms with Gasteiger partial charge in [-0.15, -0.1) is 5.10 Å². The molecule has 2 saturated heterocycles. The van der Waals surface area contributed by atoms with Crippen molar-refractivity contribution in [3.05, 3.63) is 60.2 Å². The Labute approximate surface area is 158 Å². The lowest BCUT2D eigenvalue weighted by atomic mass is 9.88. The fraction of sp³-hybridized carbons (Fsp3) is 0.429. The summed E-state index contributed by atoms with van der Waals surface area (Å²) in [5.41, 5.74) is 3.28. The quantitative estimate of drug-likeness (QED) is 0.712. The number of morpholine rings is 1. The number of aromatic nitrogens is 3. The van der Waals surface area contributed by atoms with Crippen LogP contribution in [0, 0.1) is 5.92 Å². The predicted octanol–water partition coefficient (Wildman–Crippen LogP) is 3.04. The smallest absolute Gasteiger partial charge is 0.157 e. The van der Waals surface area contributed by atoms with Gasteiger partial charge in [-0.05, 0) is 24.1 Å². The third-order valence-electron chi connectivity index (χ3n) is 5.71. The highest BCUT2D eigenvalue weighted by Crippen LogP contribution is 2.43. The van der Waals surface area contributed by atoms with E-state index in [0.717, 1.165) is 50.4 Å². The molecule has 0 amide bonds. The molecule has 0 bridgehead atoms. The van der Waals surface area contributed by atoms with Crippen molar-refractivity contribution < 1.29 is 9.47 Å². The number of nitrogens with zero attached hydrogens (tertiary/aromatic N) is 4. The molecule has 1 aromatic heterocycles. The van der Waals surface area contributed by atoms with Crippen molar-refractivity contribution in [1.29, 1.82) is 0 Å². The van der Waals surface area contributed by atoms with Gasteiger partial charge in [0.1, 0.15) is 5.52 Å². The lowest BCUT2D eigenvalue weighted by Crippen LogP contribution is -2.43. The number of rotatable bonds is 4. The highest BCUT2D eigenvalue weighted by Gasteiger charge is 2.41. The Morgan fingerprint density at radius 1 is 0.926 bits per heavy atom. The van der Waals surface area contributed by atoms with Crippen LogP contribution in [-0.4, -0.2) is 52.8 Å². The maximum absolute atomic E-state index is 6.21. The molecule has 2 aliphatic rings. The Morgan fingerprint density at radius 2 is 1.70 bits per heavy atom. The largest absolute Gasteiger partial charge is 0.379 e. The molecule has 0 unspecified atom stereocenters. The fourth-order valence-electron chi connectivity index (χ4n) is 4.47. The Hall–Kier alpha value is -2.28. The monoisotopic (exact) mass is 364 g/mol. The molecule has 0 aliphatic carbocycles. The zero-order valence-corrected chi connectivity index (χ0v) is 15.3. The van der Waals surface area contributed by atoms with Crippen molar-refractivity contribution in [2.75, 3.05) is 32.9 Å². The third kappa shape index (κ3) is 3.14. The number of fused-ring (bicyclic) bond motifs is 1. The molecule has 5 rings (SSSR count). The molecule has 3 atom stereocenters. The van der Waals surface area contributed by atoms with Gasteiger partial charge in [-0.1, -0.05) is 47.7 Å². The summed E-state index contributed by atoms with van der Waals surface area (Å²) in [5, 5.41) is 8.79. The van der Waals surface area contributed by atoms with Gasteiger partial charge in [0.2, 0.25) is 0 Å². The van der Waals surface area contributed by atoms with E-state index < -0.39 is 0 Å². The van der Waals surface area contributed by atoms with E-state index in [1.165, 1.54) is 5.56 Å². The van der Waals surface area contributed by atoms with E-state index in [1.54, 1.807) is 0 Å². The summed E-state index contributed by atoms with van der Waals surface area (Å²) in [6, 6.07) is 19.2. The molecule has 3 aromatic rings. The molecule has 3 heterocycles. The molecule has 27 heavy (non-hydrogen) atoms. The lowest BCUT2D eigenvalue weighted by molar-refractivity contribution is -0.0344. The normalized spacial score (nSPS) is 25.0. The molecule has 2 fully saturated rings. The number of hydrogen-bond donors (Lipinski definition) is 0. The Bertz CT molecular complexity index is 891. The summed E-state index contributed by atoms with van der Waals surface area (Å²) in [6.07, 6.45) is 0.904. The van der Waals surface area contributed by atoms with Crippen molar-refractivity contribution in [2.24, 2.45) is 5.92 Å². The van der Waals surface area contributed by atoms with Crippen LogP contribution in [0.4, 0.5) is 0 Å². The molecule has 0 radical (unpaired) electrons. The van der Waals surface area contributed by atoms with Crippen LogP contribution in [-0.2, 0) is 9.47 Å². The summed E-state index contributed by atoms with van der Waals surface area (Å²) in [6.45, 7) is 4.21. The van der Waals surface area contributed by atoms with Crippen molar-refractivity contribution in [2.45, 2.75) is 18.7 Å². The van der Waals surface area contributed by atoms with E-state index in [0.29, 0.717) is 5.92 Å². The molecule has 0 N–H and O–H groups in total. The third-order valence-corrected chi connectivity index (χ3v) is 5.71. The summed E-state index contributed by atoms with van der Waals surface area (Å²) >= 11 is 0. The van der Waals surface area contributed by atoms with Crippen LogP contribution in [0.15, 0.2) is 54.6 Å². The van der Waals surface area contributed by atoms with Crippen LogP contribution in [0.2, 0.25) is 0 Å². The molecule has 140 valence electrons. The van der Waals surface area contributed by atoms with Crippen LogP contribution in [0.3, 0.4) is 0 Å². The average Bonchev–Trinajstić information content (AvgIpc) is 3.37. The van der Waals surface area contributed by atoms with Gasteiger partial charge >= 0.3 is 0 Å². The van der Waals surface area contributed by atoms with Crippen LogP contribution in [0.25, 0.3) is 11.0 Å². The molecule has 0 saturated carbocycles. The SMILES string of the molecule is c1ccc([C@H]([C@H]2CCO[C@H]2n2nnc3ccccc32)N2CCOCC2)cc1. The first-order valence-corrected chi connectivity index (χ1v) is 9.70.